The molecule has 1 aliphatic rings. The highest BCUT2D eigenvalue weighted by atomic mass is 16.5. The van der Waals surface area contributed by atoms with Gasteiger partial charge in [0.2, 0.25) is 0 Å². The molecule has 0 aromatic rings. The number of hydrogen-bond acceptors (Lipinski definition) is 2. The summed E-state index contributed by atoms with van der Waals surface area (Å²) < 4.78 is 5.03. The van der Waals surface area contributed by atoms with Gasteiger partial charge in [-0.1, -0.05) is 19.4 Å². The third-order valence-corrected chi connectivity index (χ3v) is 2.08. The predicted octanol–water partition coefficient (Wildman–Crippen LogP) is 1.89. The summed E-state index contributed by atoms with van der Waals surface area (Å²) in [5.41, 5.74) is 9.55. The molecule has 0 heterocycles. The quantitative estimate of drug-likeness (QED) is 0.305. The molecule has 0 aliphatic heterocycles. The van der Waals surface area contributed by atoms with E-state index in [1.54, 1.807) is 18.2 Å². The molecule has 4 heteroatoms. The van der Waals surface area contributed by atoms with Gasteiger partial charge in [-0.2, -0.15) is 4.79 Å². The number of ether oxygens (including phenoxy) is 1. The number of unbranched alkanes of at least 4 members (excludes halogenated alkanes) is 1. The molecule has 15 heavy (non-hydrogen) atoms. The van der Waals surface area contributed by atoms with Gasteiger partial charge in [-0.25, -0.2) is 4.79 Å². The van der Waals surface area contributed by atoms with Crippen molar-refractivity contribution in [3.05, 3.63) is 29.3 Å². The van der Waals surface area contributed by atoms with Crippen LogP contribution in [0.3, 0.4) is 0 Å². The monoisotopic (exact) mass is 206 g/mol. The van der Waals surface area contributed by atoms with Crippen molar-refractivity contribution in [3.63, 3.8) is 0 Å². The van der Waals surface area contributed by atoms with Crippen molar-refractivity contribution in [1.29, 1.82) is 0 Å². The van der Waals surface area contributed by atoms with Gasteiger partial charge >= 0.3 is 5.97 Å². The van der Waals surface area contributed by atoms with Crippen LogP contribution < -0.4 is 0 Å². The van der Waals surface area contributed by atoms with E-state index in [0.29, 0.717) is 24.3 Å². The Labute approximate surface area is 88.9 Å². The van der Waals surface area contributed by atoms with E-state index in [9.17, 15) is 4.79 Å². The van der Waals surface area contributed by atoms with Gasteiger partial charge in [0, 0.05) is 6.08 Å². The van der Waals surface area contributed by atoms with Gasteiger partial charge in [0.1, 0.15) is 0 Å². The van der Waals surface area contributed by atoms with Crippen LogP contribution in [0.5, 0.6) is 0 Å². The summed E-state index contributed by atoms with van der Waals surface area (Å²) in [6.07, 6.45) is 7.26. The third-order valence-electron chi connectivity index (χ3n) is 2.08. The molecular formula is C11H14N2O2. The van der Waals surface area contributed by atoms with Crippen LogP contribution in [-0.2, 0) is 9.53 Å². The minimum atomic E-state index is -0.309. The minimum Gasteiger partial charge on any atom is -0.462 e. The number of allylic oxidation sites excluding steroid dienone is 2. The van der Waals surface area contributed by atoms with E-state index in [1.807, 2.05) is 6.92 Å². The highest BCUT2D eigenvalue weighted by molar-refractivity contribution is 6.00. The van der Waals surface area contributed by atoms with Crippen molar-refractivity contribution < 1.29 is 14.3 Å². The first-order valence-electron chi connectivity index (χ1n) is 5.04. The summed E-state index contributed by atoms with van der Waals surface area (Å²) in [6.45, 7) is 2.50. The van der Waals surface area contributed by atoms with Gasteiger partial charge < -0.3 is 10.3 Å². The number of esters is 1. The fourth-order valence-corrected chi connectivity index (χ4v) is 1.15. The van der Waals surface area contributed by atoms with E-state index in [4.69, 9.17) is 10.3 Å². The maximum Gasteiger partial charge on any atom is 0.337 e. The van der Waals surface area contributed by atoms with Gasteiger partial charge in [-0.05, 0) is 12.5 Å². The van der Waals surface area contributed by atoms with Crippen LogP contribution in [0, 0.1) is 0 Å². The molecule has 0 N–H and O–H groups in total. The second-order valence-corrected chi connectivity index (χ2v) is 3.28. The van der Waals surface area contributed by atoms with Crippen LogP contribution >= 0.6 is 0 Å². The SMILES string of the molecule is CCCCOC(=O)C1=CCC(=[N+]=[N-])C=C1. The smallest absolute Gasteiger partial charge is 0.337 e. The second kappa shape index (κ2) is 5.94. The lowest BCUT2D eigenvalue weighted by Gasteiger charge is -2.05. The van der Waals surface area contributed by atoms with Gasteiger partial charge in [0.25, 0.3) is 5.71 Å². The Hall–Kier alpha value is -1.67. The molecule has 0 fully saturated rings. The van der Waals surface area contributed by atoms with E-state index >= 15 is 0 Å². The fraction of sp³-hybridized carbons (Fsp3) is 0.455. The summed E-state index contributed by atoms with van der Waals surface area (Å²) in [5.74, 6) is -0.309. The molecular weight excluding hydrogens is 192 g/mol. The van der Waals surface area contributed by atoms with Gasteiger partial charge in [-0.3, -0.25) is 0 Å². The first-order chi connectivity index (χ1) is 7.27. The number of carbonyl (C=O) groups excluding carboxylic acids is 1. The van der Waals surface area contributed by atoms with E-state index in [2.05, 4.69) is 4.79 Å². The zero-order chi connectivity index (χ0) is 11.1. The van der Waals surface area contributed by atoms with Crippen LogP contribution in [0.25, 0.3) is 5.53 Å². The first kappa shape index (κ1) is 11.4. The molecule has 0 saturated heterocycles. The summed E-state index contributed by atoms with van der Waals surface area (Å²) in [5, 5.41) is 0. The number of hydrogen-bond donors (Lipinski definition) is 0. The van der Waals surface area contributed by atoms with Crippen LogP contribution in [0.15, 0.2) is 23.8 Å². The van der Waals surface area contributed by atoms with E-state index < -0.39 is 0 Å². The lowest BCUT2D eigenvalue weighted by atomic mass is 10.1. The molecule has 0 bridgehead atoms. The molecule has 0 radical (unpaired) electrons. The molecule has 0 spiro atoms. The van der Waals surface area contributed by atoms with Gasteiger partial charge in [0.15, 0.2) is 0 Å². The highest BCUT2D eigenvalue weighted by Gasteiger charge is 2.14. The standard InChI is InChI=1S/C11H14N2O2/c1-2-3-8-15-11(14)9-4-6-10(13-12)7-5-9/h4-6H,2-3,7-8H2,1H3. The Kier molecular flexibility index (Phi) is 4.51. The van der Waals surface area contributed by atoms with Crippen LogP contribution in [0.4, 0.5) is 0 Å². The fourth-order valence-electron chi connectivity index (χ4n) is 1.15. The lowest BCUT2D eigenvalue weighted by molar-refractivity contribution is -0.138. The maximum atomic E-state index is 11.4. The molecule has 0 unspecified atom stereocenters. The molecule has 1 aliphatic carbocycles. The average molecular weight is 206 g/mol. The van der Waals surface area contributed by atoms with Gasteiger partial charge in [0.05, 0.1) is 18.6 Å². The molecule has 1 rings (SSSR count). The van der Waals surface area contributed by atoms with Crippen LogP contribution in [-0.4, -0.2) is 23.1 Å². The predicted molar refractivity (Wildman–Crippen MR) is 56.3 cm³/mol. The van der Waals surface area contributed by atoms with E-state index in [0.717, 1.165) is 12.8 Å². The van der Waals surface area contributed by atoms with Crippen molar-refractivity contribution in [2.24, 2.45) is 0 Å². The van der Waals surface area contributed by atoms with Crippen molar-refractivity contribution in [2.75, 3.05) is 6.61 Å². The topological polar surface area (TPSA) is 62.7 Å². The Morgan fingerprint density at radius 2 is 2.40 bits per heavy atom. The Balaban J connectivity index is 2.46. The second-order valence-electron chi connectivity index (χ2n) is 3.28. The van der Waals surface area contributed by atoms with Crippen molar-refractivity contribution in [1.82, 2.24) is 0 Å². The summed E-state index contributed by atoms with van der Waals surface area (Å²) in [7, 11) is 0. The zero-order valence-corrected chi connectivity index (χ0v) is 8.77. The van der Waals surface area contributed by atoms with Crippen LogP contribution in [0.2, 0.25) is 0 Å². The first-order valence-corrected chi connectivity index (χ1v) is 5.04. The minimum absolute atomic E-state index is 0.309. The number of carbonyl (C=O) groups is 1. The molecule has 0 saturated carbocycles. The van der Waals surface area contributed by atoms with Crippen molar-refractivity contribution >= 4 is 11.7 Å². The Bertz CT molecular complexity index is 350. The maximum absolute atomic E-state index is 11.4. The highest BCUT2D eigenvalue weighted by Crippen LogP contribution is 2.09. The molecule has 4 nitrogen and oxygen atoms in total. The molecule has 0 aromatic heterocycles. The largest absolute Gasteiger partial charge is 0.462 e. The van der Waals surface area contributed by atoms with E-state index in [1.165, 1.54) is 0 Å². The summed E-state index contributed by atoms with van der Waals surface area (Å²) in [4.78, 5) is 14.5. The Morgan fingerprint density at radius 1 is 1.60 bits per heavy atom. The molecule has 0 atom stereocenters. The van der Waals surface area contributed by atoms with Crippen LogP contribution in [0.1, 0.15) is 26.2 Å². The molecule has 0 amide bonds. The zero-order valence-electron chi connectivity index (χ0n) is 8.77. The molecule has 0 aromatic carbocycles. The van der Waals surface area contributed by atoms with E-state index in [-0.39, 0.29) is 5.97 Å². The summed E-state index contributed by atoms with van der Waals surface area (Å²) in [6, 6.07) is 0. The van der Waals surface area contributed by atoms with Gasteiger partial charge in [-0.15, -0.1) is 0 Å². The average Bonchev–Trinajstić information content (AvgIpc) is 2.29. The van der Waals surface area contributed by atoms with Crippen molar-refractivity contribution in [2.45, 2.75) is 26.2 Å². The lowest BCUT2D eigenvalue weighted by Crippen LogP contribution is -2.11. The van der Waals surface area contributed by atoms with Crippen molar-refractivity contribution in [3.8, 4) is 0 Å². The number of nitrogens with zero attached hydrogens (tertiary/aromatic N) is 2. The Morgan fingerprint density at radius 3 is 2.93 bits per heavy atom. The molecule has 80 valence electrons. The number of rotatable bonds is 4. The summed E-state index contributed by atoms with van der Waals surface area (Å²) >= 11 is 0. The third kappa shape index (κ3) is 3.52. The normalized spacial score (nSPS) is 14.5.